The summed E-state index contributed by atoms with van der Waals surface area (Å²) < 4.78 is 1.57. The van der Waals surface area contributed by atoms with Gasteiger partial charge in [0.15, 0.2) is 0 Å². The molecule has 4 nitrogen and oxygen atoms in total. The normalized spacial score (nSPS) is 16.7. The van der Waals surface area contributed by atoms with E-state index in [1.165, 1.54) is 0 Å². The van der Waals surface area contributed by atoms with Crippen LogP contribution in [0.2, 0.25) is 0 Å². The first-order valence-corrected chi connectivity index (χ1v) is 4.68. The van der Waals surface area contributed by atoms with Gasteiger partial charge in [0.1, 0.15) is 6.10 Å². The Morgan fingerprint density at radius 3 is 2.29 bits per heavy atom. The van der Waals surface area contributed by atoms with Gasteiger partial charge in [0.25, 0.3) is 0 Å². The summed E-state index contributed by atoms with van der Waals surface area (Å²) in [7, 11) is 1.74. The molecule has 80 valence electrons. The molecule has 0 fully saturated rings. The van der Waals surface area contributed by atoms with E-state index in [9.17, 15) is 10.2 Å². The Hall–Kier alpha value is -0.870. The first kappa shape index (κ1) is 11.2. The molecule has 0 spiro atoms. The van der Waals surface area contributed by atoms with E-state index >= 15 is 0 Å². The van der Waals surface area contributed by atoms with E-state index in [2.05, 4.69) is 5.10 Å². The summed E-state index contributed by atoms with van der Waals surface area (Å²) in [5, 5.41) is 23.7. The zero-order valence-corrected chi connectivity index (χ0v) is 9.10. The van der Waals surface area contributed by atoms with Gasteiger partial charge in [-0.2, -0.15) is 5.10 Å². The van der Waals surface area contributed by atoms with E-state index in [4.69, 9.17) is 0 Å². The summed E-state index contributed by atoms with van der Waals surface area (Å²) in [6, 6.07) is 1.71. The second kappa shape index (κ2) is 3.71. The zero-order chi connectivity index (χ0) is 10.9. The molecule has 0 bridgehead atoms. The van der Waals surface area contributed by atoms with Crippen LogP contribution in [0, 0.1) is 5.41 Å². The van der Waals surface area contributed by atoms with Crippen LogP contribution >= 0.6 is 0 Å². The highest BCUT2D eigenvalue weighted by molar-refractivity contribution is 5.07. The van der Waals surface area contributed by atoms with Gasteiger partial charge in [0, 0.05) is 13.2 Å². The highest BCUT2D eigenvalue weighted by Crippen LogP contribution is 2.29. The predicted octanol–water partition coefficient (Wildman–Crippen LogP) is 0.861. The Morgan fingerprint density at radius 1 is 1.36 bits per heavy atom. The number of aromatic nitrogens is 2. The van der Waals surface area contributed by atoms with Crippen LogP contribution in [0.4, 0.5) is 0 Å². The second-order valence-electron chi connectivity index (χ2n) is 4.64. The standard InChI is InChI=1S/C10H18N2O2/c1-10(2,3)9(14)8(13)7-5-6-11-12(7)4/h5-6,8-9,13-14H,1-4H3. The molecule has 1 rings (SSSR count). The largest absolute Gasteiger partial charge is 0.389 e. The van der Waals surface area contributed by atoms with Crippen LogP contribution in [0.15, 0.2) is 12.3 Å². The molecule has 0 radical (unpaired) electrons. The third-order valence-corrected chi connectivity index (χ3v) is 2.35. The molecule has 0 saturated carbocycles. The Labute approximate surface area is 84.2 Å². The minimum Gasteiger partial charge on any atom is -0.389 e. The first-order valence-electron chi connectivity index (χ1n) is 4.68. The fraction of sp³-hybridized carbons (Fsp3) is 0.700. The molecule has 0 aromatic carbocycles. The molecule has 2 atom stereocenters. The van der Waals surface area contributed by atoms with Gasteiger partial charge in [-0.25, -0.2) is 0 Å². The highest BCUT2D eigenvalue weighted by atomic mass is 16.3. The van der Waals surface area contributed by atoms with Crippen LogP contribution in [-0.2, 0) is 7.05 Å². The lowest BCUT2D eigenvalue weighted by molar-refractivity contribution is -0.0492. The number of aliphatic hydroxyl groups is 2. The molecule has 1 aromatic heterocycles. The molecule has 0 aliphatic rings. The summed E-state index contributed by atoms with van der Waals surface area (Å²) in [6.45, 7) is 5.66. The molecular weight excluding hydrogens is 180 g/mol. The van der Waals surface area contributed by atoms with Crippen LogP contribution in [0.1, 0.15) is 32.6 Å². The van der Waals surface area contributed by atoms with E-state index in [0.717, 1.165) is 0 Å². The van der Waals surface area contributed by atoms with Crippen molar-refractivity contribution in [3.8, 4) is 0 Å². The number of aliphatic hydroxyl groups excluding tert-OH is 2. The molecule has 2 unspecified atom stereocenters. The molecular formula is C10H18N2O2. The number of aryl methyl sites for hydroxylation is 1. The van der Waals surface area contributed by atoms with Crippen molar-refractivity contribution in [3.05, 3.63) is 18.0 Å². The second-order valence-corrected chi connectivity index (χ2v) is 4.64. The first-order chi connectivity index (χ1) is 6.34. The lowest BCUT2D eigenvalue weighted by atomic mass is 9.85. The molecule has 0 amide bonds. The molecule has 1 aromatic rings. The van der Waals surface area contributed by atoms with Gasteiger partial charge >= 0.3 is 0 Å². The van der Waals surface area contributed by atoms with Gasteiger partial charge in [-0.05, 0) is 11.5 Å². The molecule has 4 heteroatoms. The van der Waals surface area contributed by atoms with Crippen LogP contribution < -0.4 is 0 Å². The molecule has 0 saturated heterocycles. The third kappa shape index (κ3) is 2.13. The summed E-state index contributed by atoms with van der Waals surface area (Å²) in [5.41, 5.74) is 0.288. The van der Waals surface area contributed by atoms with E-state index in [0.29, 0.717) is 5.69 Å². The Balaban J connectivity index is 2.86. The number of rotatable bonds is 2. The fourth-order valence-corrected chi connectivity index (χ4v) is 1.31. The minimum absolute atomic E-state index is 0.344. The molecule has 0 aliphatic carbocycles. The van der Waals surface area contributed by atoms with E-state index < -0.39 is 12.2 Å². The molecule has 14 heavy (non-hydrogen) atoms. The maximum absolute atomic E-state index is 9.88. The molecule has 1 heterocycles. The summed E-state index contributed by atoms with van der Waals surface area (Å²) in [4.78, 5) is 0. The van der Waals surface area contributed by atoms with Crippen molar-refractivity contribution in [2.45, 2.75) is 33.0 Å². The summed E-state index contributed by atoms with van der Waals surface area (Å²) in [5.74, 6) is 0. The van der Waals surface area contributed by atoms with Gasteiger partial charge in [0.2, 0.25) is 0 Å². The lowest BCUT2D eigenvalue weighted by Crippen LogP contribution is -2.33. The predicted molar refractivity (Wildman–Crippen MR) is 53.6 cm³/mol. The Kier molecular flexibility index (Phi) is 2.97. The van der Waals surface area contributed by atoms with E-state index in [1.807, 2.05) is 20.8 Å². The SMILES string of the molecule is Cn1nccc1C(O)C(O)C(C)(C)C. The maximum Gasteiger partial charge on any atom is 0.122 e. The van der Waals surface area contributed by atoms with Crippen LogP contribution in [0.3, 0.4) is 0 Å². The lowest BCUT2D eigenvalue weighted by Gasteiger charge is -2.29. The number of hydrogen-bond donors (Lipinski definition) is 2. The fourth-order valence-electron chi connectivity index (χ4n) is 1.31. The quantitative estimate of drug-likeness (QED) is 0.741. The van der Waals surface area contributed by atoms with Gasteiger partial charge in [-0.15, -0.1) is 0 Å². The van der Waals surface area contributed by atoms with Crippen molar-refractivity contribution in [2.75, 3.05) is 0 Å². The zero-order valence-electron chi connectivity index (χ0n) is 9.10. The summed E-state index contributed by atoms with van der Waals surface area (Å²) >= 11 is 0. The van der Waals surface area contributed by atoms with Crippen molar-refractivity contribution >= 4 is 0 Å². The highest BCUT2D eigenvalue weighted by Gasteiger charge is 2.31. The Morgan fingerprint density at radius 2 is 1.93 bits per heavy atom. The van der Waals surface area contributed by atoms with E-state index in [-0.39, 0.29) is 5.41 Å². The molecule has 0 aliphatic heterocycles. The Bertz CT molecular complexity index is 301. The molecule has 2 N–H and O–H groups in total. The average Bonchev–Trinajstić information content (AvgIpc) is 2.47. The van der Waals surface area contributed by atoms with Gasteiger partial charge in [-0.3, -0.25) is 4.68 Å². The van der Waals surface area contributed by atoms with Gasteiger partial charge in [-0.1, -0.05) is 20.8 Å². The topological polar surface area (TPSA) is 58.3 Å². The number of nitrogens with zero attached hydrogens (tertiary/aromatic N) is 2. The third-order valence-electron chi connectivity index (χ3n) is 2.35. The minimum atomic E-state index is -0.887. The van der Waals surface area contributed by atoms with Gasteiger partial charge in [0.05, 0.1) is 11.8 Å². The van der Waals surface area contributed by atoms with Crippen LogP contribution in [0.25, 0.3) is 0 Å². The van der Waals surface area contributed by atoms with E-state index in [1.54, 1.807) is 24.0 Å². The van der Waals surface area contributed by atoms with Crippen molar-refractivity contribution in [3.63, 3.8) is 0 Å². The monoisotopic (exact) mass is 198 g/mol. The average molecular weight is 198 g/mol. The maximum atomic E-state index is 9.88. The van der Waals surface area contributed by atoms with Crippen LogP contribution in [-0.4, -0.2) is 26.1 Å². The number of hydrogen-bond acceptors (Lipinski definition) is 3. The van der Waals surface area contributed by atoms with Crippen molar-refractivity contribution in [1.82, 2.24) is 9.78 Å². The smallest absolute Gasteiger partial charge is 0.122 e. The van der Waals surface area contributed by atoms with Gasteiger partial charge < -0.3 is 10.2 Å². The summed E-state index contributed by atoms with van der Waals surface area (Å²) in [6.07, 6.45) is -0.0751. The van der Waals surface area contributed by atoms with Crippen LogP contribution in [0.5, 0.6) is 0 Å². The van der Waals surface area contributed by atoms with Crippen molar-refractivity contribution in [2.24, 2.45) is 12.5 Å². The van der Waals surface area contributed by atoms with Crippen molar-refractivity contribution < 1.29 is 10.2 Å². The van der Waals surface area contributed by atoms with Crippen molar-refractivity contribution in [1.29, 1.82) is 0 Å².